The minimum atomic E-state index is -3.55. The molecule has 0 saturated carbocycles. The van der Waals surface area contributed by atoms with Gasteiger partial charge in [0.15, 0.2) is 0 Å². The number of aryl methyl sites for hydroxylation is 2. The maximum Gasteiger partial charge on any atom is 0.244 e. The molecular weight excluding hydrogens is 286 g/mol. The van der Waals surface area contributed by atoms with E-state index >= 15 is 0 Å². The van der Waals surface area contributed by atoms with Crippen LogP contribution in [0.2, 0.25) is 0 Å². The normalized spacial score (nSPS) is 13.3. The SMILES string of the molecule is CCc1ccc(C(C)NS(=O)(=O)c2cnn(CC)c2)cc1. The monoisotopic (exact) mass is 307 g/mol. The van der Waals surface area contributed by atoms with Crippen molar-refractivity contribution in [3.8, 4) is 0 Å². The van der Waals surface area contributed by atoms with Crippen LogP contribution in [0.25, 0.3) is 0 Å². The van der Waals surface area contributed by atoms with E-state index < -0.39 is 10.0 Å². The number of sulfonamides is 1. The smallest absolute Gasteiger partial charge is 0.244 e. The Balaban J connectivity index is 2.14. The summed E-state index contributed by atoms with van der Waals surface area (Å²) < 4.78 is 28.9. The van der Waals surface area contributed by atoms with E-state index in [9.17, 15) is 8.42 Å². The van der Waals surface area contributed by atoms with Gasteiger partial charge in [0.2, 0.25) is 10.0 Å². The van der Waals surface area contributed by atoms with Gasteiger partial charge in [0.05, 0.1) is 6.20 Å². The van der Waals surface area contributed by atoms with E-state index in [1.165, 1.54) is 18.0 Å². The number of nitrogens with zero attached hydrogens (tertiary/aromatic N) is 2. The summed E-state index contributed by atoms with van der Waals surface area (Å²) in [4.78, 5) is 0.196. The Morgan fingerprint density at radius 3 is 2.43 bits per heavy atom. The van der Waals surface area contributed by atoms with Gasteiger partial charge in [0.25, 0.3) is 0 Å². The molecular formula is C15H21N3O2S. The van der Waals surface area contributed by atoms with Crippen LogP contribution in [0.1, 0.15) is 37.9 Å². The second-order valence-electron chi connectivity index (χ2n) is 4.97. The predicted octanol–water partition coefficient (Wildman–Crippen LogP) is 2.50. The highest BCUT2D eigenvalue weighted by Gasteiger charge is 2.20. The fraction of sp³-hybridized carbons (Fsp3) is 0.400. The lowest BCUT2D eigenvalue weighted by Gasteiger charge is -2.14. The third-order valence-corrected chi connectivity index (χ3v) is 4.96. The lowest BCUT2D eigenvalue weighted by Crippen LogP contribution is -2.26. The van der Waals surface area contributed by atoms with Crippen molar-refractivity contribution < 1.29 is 8.42 Å². The van der Waals surface area contributed by atoms with Gasteiger partial charge in [-0.3, -0.25) is 4.68 Å². The van der Waals surface area contributed by atoms with Crippen molar-refractivity contribution in [1.29, 1.82) is 0 Å². The van der Waals surface area contributed by atoms with Crippen molar-refractivity contribution in [2.45, 2.75) is 44.7 Å². The lowest BCUT2D eigenvalue weighted by molar-refractivity contribution is 0.566. The van der Waals surface area contributed by atoms with Gasteiger partial charge in [-0.1, -0.05) is 31.2 Å². The number of rotatable bonds is 6. The number of aromatic nitrogens is 2. The molecule has 1 aromatic heterocycles. The summed E-state index contributed by atoms with van der Waals surface area (Å²) in [5, 5.41) is 4.00. The molecule has 0 aliphatic carbocycles. The van der Waals surface area contributed by atoms with Crippen LogP contribution in [0, 0.1) is 0 Å². The van der Waals surface area contributed by atoms with Gasteiger partial charge in [-0.25, -0.2) is 13.1 Å². The van der Waals surface area contributed by atoms with Crippen molar-refractivity contribution in [3.05, 3.63) is 47.8 Å². The third-order valence-electron chi connectivity index (χ3n) is 3.46. The topological polar surface area (TPSA) is 64.0 Å². The fourth-order valence-corrected chi connectivity index (χ4v) is 3.25. The first kappa shape index (κ1) is 15.7. The van der Waals surface area contributed by atoms with E-state index in [4.69, 9.17) is 0 Å². The zero-order chi connectivity index (χ0) is 15.5. The number of benzene rings is 1. The Morgan fingerprint density at radius 1 is 1.24 bits per heavy atom. The zero-order valence-electron chi connectivity index (χ0n) is 12.6. The maximum absolute atomic E-state index is 12.3. The average molecular weight is 307 g/mol. The summed E-state index contributed by atoms with van der Waals surface area (Å²) in [5.41, 5.74) is 2.18. The first-order chi connectivity index (χ1) is 9.96. The standard InChI is InChI=1S/C15H21N3O2S/c1-4-13-6-8-14(9-7-13)12(3)17-21(19,20)15-10-16-18(5-2)11-15/h6-12,17H,4-5H2,1-3H3. The zero-order valence-corrected chi connectivity index (χ0v) is 13.4. The Bertz CT molecular complexity index is 690. The van der Waals surface area contributed by atoms with Crippen LogP contribution in [0.3, 0.4) is 0 Å². The van der Waals surface area contributed by atoms with Crippen LogP contribution in [-0.2, 0) is 23.0 Å². The van der Waals surface area contributed by atoms with E-state index in [1.807, 2.05) is 38.1 Å². The van der Waals surface area contributed by atoms with Gasteiger partial charge in [0, 0.05) is 18.8 Å². The highest BCUT2D eigenvalue weighted by atomic mass is 32.2. The minimum absolute atomic E-state index is 0.196. The van der Waals surface area contributed by atoms with Gasteiger partial charge >= 0.3 is 0 Å². The first-order valence-corrected chi connectivity index (χ1v) is 8.58. The molecule has 0 fully saturated rings. The van der Waals surface area contributed by atoms with Crippen molar-refractivity contribution in [1.82, 2.24) is 14.5 Å². The summed E-state index contributed by atoms with van der Waals surface area (Å²) >= 11 is 0. The van der Waals surface area contributed by atoms with Crippen LogP contribution in [0.15, 0.2) is 41.6 Å². The molecule has 0 aliphatic rings. The summed E-state index contributed by atoms with van der Waals surface area (Å²) in [6.45, 7) is 6.48. The molecule has 0 radical (unpaired) electrons. The number of hydrogen-bond acceptors (Lipinski definition) is 3. The molecule has 1 heterocycles. The van der Waals surface area contributed by atoms with Gasteiger partial charge in [0.1, 0.15) is 4.90 Å². The Labute approximate surface area is 126 Å². The van der Waals surface area contributed by atoms with Crippen molar-refractivity contribution in [2.75, 3.05) is 0 Å². The predicted molar refractivity (Wildman–Crippen MR) is 82.5 cm³/mol. The maximum atomic E-state index is 12.3. The molecule has 1 aromatic carbocycles. The molecule has 1 unspecified atom stereocenters. The van der Waals surface area contributed by atoms with Crippen LogP contribution >= 0.6 is 0 Å². The van der Waals surface area contributed by atoms with E-state index in [0.717, 1.165) is 12.0 Å². The minimum Gasteiger partial charge on any atom is -0.272 e. The molecule has 2 rings (SSSR count). The summed E-state index contributed by atoms with van der Waals surface area (Å²) in [6.07, 6.45) is 3.88. The van der Waals surface area contributed by atoms with Gasteiger partial charge in [-0.15, -0.1) is 0 Å². The summed E-state index contributed by atoms with van der Waals surface area (Å²) in [6, 6.07) is 7.68. The molecule has 0 bridgehead atoms. The number of nitrogens with one attached hydrogen (secondary N) is 1. The molecule has 1 N–H and O–H groups in total. The van der Waals surface area contributed by atoms with E-state index in [-0.39, 0.29) is 10.9 Å². The molecule has 0 amide bonds. The summed E-state index contributed by atoms with van der Waals surface area (Å²) in [7, 11) is -3.55. The molecule has 0 spiro atoms. The molecule has 6 heteroatoms. The van der Waals surface area contributed by atoms with Gasteiger partial charge in [-0.2, -0.15) is 5.10 Å². The Kier molecular flexibility index (Phi) is 4.80. The lowest BCUT2D eigenvalue weighted by atomic mass is 10.1. The average Bonchev–Trinajstić information content (AvgIpc) is 2.96. The Hall–Kier alpha value is -1.66. The number of hydrogen-bond donors (Lipinski definition) is 1. The van der Waals surface area contributed by atoms with Crippen LogP contribution in [-0.4, -0.2) is 18.2 Å². The fourth-order valence-electron chi connectivity index (χ4n) is 2.07. The molecule has 2 aromatic rings. The van der Waals surface area contributed by atoms with E-state index in [2.05, 4.69) is 16.7 Å². The third kappa shape index (κ3) is 3.71. The molecule has 5 nitrogen and oxygen atoms in total. The van der Waals surface area contributed by atoms with Crippen molar-refractivity contribution >= 4 is 10.0 Å². The highest BCUT2D eigenvalue weighted by Crippen LogP contribution is 2.17. The van der Waals surface area contributed by atoms with E-state index in [1.54, 1.807) is 4.68 Å². The Morgan fingerprint density at radius 2 is 1.90 bits per heavy atom. The van der Waals surface area contributed by atoms with Crippen LogP contribution < -0.4 is 4.72 Å². The van der Waals surface area contributed by atoms with Crippen LogP contribution in [0.5, 0.6) is 0 Å². The molecule has 1 atom stereocenters. The van der Waals surface area contributed by atoms with Gasteiger partial charge in [-0.05, 0) is 31.4 Å². The van der Waals surface area contributed by atoms with Crippen LogP contribution in [0.4, 0.5) is 0 Å². The van der Waals surface area contributed by atoms with Crippen molar-refractivity contribution in [3.63, 3.8) is 0 Å². The second-order valence-corrected chi connectivity index (χ2v) is 6.68. The molecule has 0 saturated heterocycles. The van der Waals surface area contributed by atoms with E-state index in [0.29, 0.717) is 6.54 Å². The summed E-state index contributed by atoms with van der Waals surface area (Å²) in [5.74, 6) is 0. The largest absolute Gasteiger partial charge is 0.272 e. The quantitative estimate of drug-likeness (QED) is 0.892. The highest BCUT2D eigenvalue weighted by molar-refractivity contribution is 7.89. The molecule has 114 valence electrons. The molecule has 0 aliphatic heterocycles. The second kappa shape index (κ2) is 6.41. The first-order valence-electron chi connectivity index (χ1n) is 7.10. The van der Waals surface area contributed by atoms with Crippen molar-refractivity contribution in [2.24, 2.45) is 0 Å². The molecule has 21 heavy (non-hydrogen) atoms. The van der Waals surface area contributed by atoms with Gasteiger partial charge < -0.3 is 0 Å².